The highest BCUT2D eigenvalue weighted by Gasteiger charge is 2.11. The molecule has 0 aliphatic heterocycles. The van der Waals surface area contributed by atoms with E-state index in [9.17, 15) is 14.4 Å². The lowest BCUT2D eigenvalue weighted by Crippen LogP contribution is -2.27. The van der Waals surface area contributed by atoms with Crippen LogP contribution >= 0.6 is 0 Å². The van der Waals surface area contributed by atoms with Crippen molar-refractivity contribution in [1.82, 2.24) is 14.9 Å². The van der Waals surface area contributed by atoms with Crippen molar-refractivity contribution in [2.75, 3.05) is 7.05 Å². The van der Waals surface area contributed by atoms with Crippen LogP contribution in [0.3, 0.4) is 0 Å². The van der Waals surface area contributed by atoms with Crippen molar-refractivity contribution in [1.29, 1.82) is 0 Å². The molecule has 1 heterocycles. The van der Waals surface area contributed by atoms with E-state index in [0.29, 0.717) is 12.1 Å². The largest absolute Gasteiger partial charge is 0.341 e. The van der Waals surface area contributed by atoms with Gasteiger partial charge in [0, 0.05) is 13.6 Å². The third kappa shape index (κ3) is 3.09. The number of aromatic amines is 2. The van der Waals surface area contributed by atoms with Gasteiger partial charge < -0.3 is 14.9 Å². The maximum Gasteiger partial charge on any atom is 0.323 e. The van der Waals surface area contributed by atoms with Crippen molar-refractivity contribution in [3.05, 3.63) is 34.2 Å². The van der Waals surface area contributed by atoms with Gasteiger partial charge in [0.05, 0.1) is 17.5 Å². The Hall–Kier alpha value is -2.37. The van der Waals surface area contributed by atoms with Gasteiger partial charge in [0.15, 0.2) is 0 Å². The van der Waals surface area contributed by atoms with Crippen molar-refractivity contribution in [2.45, 2.75) is 19.9 Å². The molecule has 0 saturated carbocycles. The number of H-pyrrole nitrogens is 2. The predicted octanol–water partition coefficient (Wildman–Crippen LogP) is 0.794. The van der Waals surface area contributed by atoms with E-state index in [2.05, 4.69) is 9.97 Å². The molecule has 1 amide bonds. The maximum absolute atomic E-state index is 11.7. The topological polar surface area (TPSA) is 86.0 Å². The number of hydrogen-bond acceptors (Lipinski definition) is 3. The molecule has 1 aromatic carbocycles. The Kier molecular flexibility index (Phi) is 3.50. The average Bonchev–Trinajstić information content (AvgIpc) is 2.67. The van der Waals surface area contributed by atoms with Gasteiger partial charge in [0.2, 0.25) is 5.91 Å². The second kappa shape index (κ2) is 5.09. The van der Waals surface area contributed by atoms with E-state index in [1.165, 1.54) is 11.8 Å². The van der Waals surface area contributed by atoms with Crippen LogP contribution in [0.15, 0.2) is 23.0 Å². The number of rotatable bonds is 4. The van der Waals surface area contributed by atoms with Gasteiger partial charge in [-0.25, -0.2) is 4.79 Å². The first kappa shape index (κ1) is 13.1. The first-order valence-corrected chi connectivity index (χ1v) is 5.90. The van der Waals surface area contributed by atoms with Gasteiger partial charge in [-0.2, -0.15) is 0 Å². The molecule has 2 rings (SSSR count). The summed E-state index contributed by atoms with van der Waals surface area (Å²) in [4.78, 5) is 40.5. The van der Waals surface area contributed by atoms with Crippen LogP contribution in [0.1, 0.15) is 18.9 Å². The number of hydrogen-bond donors (Lipinski definition) is 2. The summed E-state index contributed by atoms with van der Waals surface area (Å²) < 4.78 is 0. The van der Waals surface area contributed by atoms with Crippen LogP contribution in [-0.2, 0) is 16.1 Å². The summed E-state index contributed by atoms with van der Waals surface area (Å²) in [6.45, 7) is 1.79. The second-order valence-electron chi connectivity index (χ2n) is 4.59. The monoisotopic (exact) mass is 261 g/mol. The molecule has 19 heavy (non-hydrogen) atoms. The summed E-state index contributed by atoms with van der Waals surface area (Å²) in [7, 11) is 1.65. The van der Waals surface area contributed by atoms with E-state index in [0.717, 1.165) is 11.1 Å². The standard InChI is InChI=1S/C13H15N3O3/c1-8(17)5-12(18)16(2)7-9-3-4-10-11(6-9)15-13(19)14-10/h3-4,6H,5,7H2,1-2H3,(H2,14,15,19). The van der Waals surface area contributed by atoms with E-state index in [1.807, 2.05) is 12.1 Å². The van der Waals surface area contributed by atoms with Crippen LogP contribution in [0.2, 0.25) is 0 Å². The molecule has 6 heteroatoms. The molecule has 0 aliphatic rings. The Morgan fingerprint density at radius 3 is 2.58 bits per heavy atom. The van der Waals surface area contributed by atoms with Gasteiger partial charge >= 0.3 is 5.69 Å². The number of carbonyl (C=O) groups excluding carboxylic acids is 2. The highest BCUT2D eigenvalue weighted by Crippen LogP contribution is 2.12. The van der Waals surface area contributed by atoms with Crippen molar-refractivity contribution < 1.29 is 9.59 Å². The fourth-order valence-electron chi connectivity index (χ4n) is 1.89. The molecule has 6 nitrogen and oxygen atoms in total. The fraction of sp³-hybridized carbons (Fsp3) is 0.308. The third-order valence-electron chi connectivity index (χ3n) is 2.83. The normalized spacial score (nSPS) is 10.6. The quantitative estimate of drug-likeness (QED) is 0.798. The molecule has 0 saturated heterocycles. The summed E-state index contributed by atoms with van der Waals surface area (Å²) in [6, 6.07) is 5.43. The molecule has 2 N–H and O–H groups in total. The zero-order valence-electron chi connectivity index (χ0n) is 10.8. The molecule has 1 aromatic heterocycles. The van der Waals surface area contributed by atoms with Gasteiger partial charge in [-0.3, -0.25) is 9.59 Å². The van der Waals surface area contributed by atoms with Crippen LogP contribution in [-0.4, -0.2) is 33.6 Å². The number of imidazole rings is 1. The van der Waals surface area contributed by atoms with Crippen molar-refractivity contribution in [3.63, 3.8) is 0 Å². The minimum absolute atomic E-state index is 0.0836. The molecule has 0 radical (unpaired) electrons. The lowest BCUT2D eigenvalue weighted by molar-refractivity contribution is -0.134. The first-order chi connectivity index (χ1) is 8.95. The molecule has 0 unspecified atom stereocenters. The summed E-state index contributed by atoms with van der Waals surface area (Å²) in [6.07, 6.45) is -0.0836. The third-order valence-corrected chi connectivity index (χ3v) is 2.83. The van der Waals surface area contributed by atoms with Gasteiger partial charge in [-0.15, -0.1) is 0 Å². The summed E-state index contributed by atoms with van der Waals surface area (Å²) in [5, 5.41) is 0. The van der Waals surface area contributed by atoms with Gasteiger partial charge in [-0.1, -0.05) is 6.07 Å². The number of Topliss-reactive ketones (excluding diaryl/α,β-unsaturated/α-hetero) is 1. The molecule has 0 bridgehead atoms. The van der Waals surface area contributed by atoms with Gasteiger partial charge in [-0.05, 0) is 24.6 Å². The highest BCUT2D eigenvalue weighted by molar-refractivity contribution is 5.96. The van der Waals surface area contributed by atoms with Crippen molar-refractivity contribution >= 4 is 22.7 Å². The molecular weight excluding hydrogens is 246 g/mol. The van der Waals surface area contributed by atoms with Crippen LogP contribution in [0.25, 0.3) is 11.0 Å². The lowest BCUT2D eigenvalue weighted by Gasteiger charge is -2.16. The number of nitrogens with zero attached hydrogens (tertiary/aromatic N) is 1. The minimum atomic E-state index is -0.256. The van der Waals surface area contributed by atoms with Crippen molar-refractivity contribution in [3.8, 4) is 0 Å². The van der Waals surface area contributed by atoms with Gasteiger partial charge in [0.1, 0.15) is 5.78 Å². The number of fused-ring (bicyclic) bond motifs is 1. The number of carbonyl (C=O) groups is 2. The fourth-order valence-corrected chi connectivity index (χ4v) is 1.89. The zero-order chi connectivity index (χ0) is 14.0. The molecular formula is C13H15N3O3. The number of nitrogens with one attached hydrogen (secondary N) is 2. The Morgan fingerprint density at radius 1 is 1.21 bits per heavy atom. The first-order valence-electron chi connectivity index (χ1n) is 5.90. The molecule has 0 spiro atoms. The van der Waals surface area contributed by atoms with Gasteiger partial charge in [0.25, 0.3) is 0 Å². The molecule has 0 aliphatic carbocycles. The Morgan fingerprint density at radius 2 is 1.89 bits per heavy atom. The van der Waals surface area contributed by atoms with Crippen LogP contribution < -0.4 is 5.69 Å². The Labute approximate surface area is 109 Å². The van der Waals surface area contributed by atoms with Crippen LogP contribution in [0.5, 0.6) is 0 Å². The molecule has 100 valence electrons. The number of ketones is 1. The summed E-state index contributed by atoms with van der Waals surface area (Å²) in [5.74, 6) is -0.363. The smallest absolute Gasteiger partial charge is 0.323 e. The van der Waals surface area contributed by atoms with Crippen molar-refractivity contribution in [2.24, 2.45) is 0 Å². The zero-order valence-corrected chi connectivity index (χ0v) is 10.8. The van der Waals surface area contributed by atoms with E-state index >= 15 is 0 Å². The Balaban J connectivity index is 2.14. The predicted molar refractivity (Wildman–Crippen MR) is 70.7 cm³/mol. The lowest BCUT2D eigenvalue weighted by atomic mass is 10.2. The van der Waals surface area contributed by atoms with Crippen LogP contribution in [0, 0.1) is 0 Å². The second-order valence-corrected chi connectivity index (χ2v) is 4.59. The number of amides is 1. The molecule has 0 fully saturated rings. The number of benzene rings is 1. The average molecular weight is 261 g/mol. The minimum Gasteiger partial charge on any atom is -0.341 e. The SMILES string of the molecule is CC(=O)CC(=O)N(C)Cc1ccc2[nH]c(=O)[nH]c2c1. The maximum atomic E-state index is 11.7. The summed E-state index contributed by atoms with van der Waals surface area (Å²) >= 11 is 0. The van der Waals surface area contributed by atoms with E-state index in [1.54, 1.807) is 13.1 Å². The van der Waals surface area contributed by atoms with E-state index in [4.69, 9.17) is 0 Å². The highest BCUT2D eigenvalue weighted by atomic mass is 16.2. The summed E-state index contributed by atoms with van der Waals surface area (Å²) in [5.41, 5.74) is 2.07. The number of aromatic nitrogens is 2. The van der Waals surface area contributed by atoms with E-state index in [-0.39, 0.29) is 23.8 Å². The molecule has 0 atom stereocenters. The molecule has 2 aromatic rings. The van der Waals surface area contributed by atoms with E-state index < -0.39 is 0 Å². The Bertz CT molecular complexity index is 684. The van der Waals surface area contributed by atoms with Crippen LogP contribution in [0.4, 0.5) is 0 Å².